The molecule has 166 valence electrons. The molecule has 1 aromatic heterocycles. The number of hydrogen-bond donors (Lipinski definition) is 3. The number of rotatable bonds is 6. The number of benzene rings is 3. The second-order valence-corrected chi connectivity index (χ2v) is 7.74. The van der Waals surface area contributed by atoms with Gasteiger partial charge in [0, 0.05) is 17.1 Å². The Labute approximate surface area is 199 Å². The minimum Gasteiger partial charge on any atom is -0.497 e. The SMILES string of the molecule is COc1cccc(C(=O)NNc2ccnc3c(NC(=O)c4c(Cl)cccc4Cl)cccc23)c1. The minimum absolute atomic E-state index is 0.178. The van der Waals surface area contributed by atoms with Crippen LogP contribution in [0.15, 0.2) is 72.9 Å². The average Bonchev–Trinajstić information content (AvgIpc) is 2.82. The van der Waals surface area contributed by atoms with Crippen LogP contribution in [0.25, 0.3) is 10.9 Å². The van der Waals surface area contributed by atoms with Crippen LogP contribution in [-0.2, 0) is 0 Å². The van der Waals surface area contributed by atoms with Crippen molar-refractivity contribution in [3.63, 3.8) is 0 Å². The van der Waals surface area contributed by atoms with Crippen molar-refractivity contribution < 1.29 is 14.3 Å². The summed E-state index contributed by atoms with van der Waals surface area (Å²) in [6.45, 7) is 0. The van der Waals surface area contributed by atoms with Gasteiger partial charge in [-0.1, -0.05) is 47.5 Å². The van der Waals surface area contributed by atoms with E-state index < -0.39 is 5.91 Å². The first-order valence-corrected chi connectivity index (χ1v) is 10.6. The van der Waals surface area contributed by atoms with Gasteiger partial charge in [0.2, 0.25) is 0 Å². The number of aromatic nitrogens is 1. The van der Waals surface area contributed by atoms with Crippen molar-refractivity contribution >= 4 is 57.3 Å². The van der Waals surface area contributed by atoms with Crippen molar-refractivity contribution in [3.05, 3.63) is 94.1 Å². The average molecular weight is 481 g/mol. The number of nitrogens with one attached hydrogen (secondary N) is 3. The highest BCUT2D eigenvalue weighted by Gasteiger charge is 2.17. The normalized spacial score (nSPS) is 10.5. The lowest BCUT2D eigenvalue weighted by Crippen LogP contribution is -2.29. The van der Waals surface area contributed by atoms with Gasteiger partial charge < -0.3 is 10.1 Å². The number of hydrogen-bond acceptors (Lipinski definition) is 5. The zero-order valence-corrected chi connectivity index (χ0v) is 18.9. The van der Waals surface area contributed by atoms with E-state index in [4.69, 9.17) is 27.9 Å². The predicted octanol–water partition coefficient (Wildman–Crippen LogP) is 5.56. The second kappa shape index (κ2) is 9.77. The molecular weight excluding hydrogens is 463 g/mol. The van der Waals surface area contributed by atoms with E-state index >= 15 is 0 Å². The van der Waals surface area contributed by atoms with Crippen LogP contribution in [0.5, 0.6) is 5.75 Å². The van der Waals surface area contributed by atoms with Crippen LogP contribution in [0.1, 0.15) is 20.7 Å². The van der Waals surface area contributed by atoms with Crippen molar-refractivity contribution in [1.82, 2.24) is 10.4 Å². The first-order chi connectivity index (χ1) is 16.0. The molecule has 4 aromatic rings. The molecule has 0 aliphatic carbocycles. The predicted molar refractivity (Wildman–Crippen MR) is 130 cm³/mol. The largest absolute Gasteiger partial charge is 0.497 e. The molecule has 9 heteroatoms. The van der Waals surface area contributed by atoms with E-state index in [1.54, 1.807) is 66.9 Å². The number of methoxy groups -OCH3 is 1. The Morgan fingerprint density at radius 3 is 2.36 bits per heavy atom. The molecule has 7 nitrogen and oxygen atoms in total. The van der Waals surface area contributed by atoms with Crippen LogP contribution in [0.4, 0.5) is 11.4 Å². The van der Waals surface area contributed by atoms with Crippen molar-refractivity contribution in [2.45, 2.75) is 0 Å². The zero-order chi connectivity index (χ0) is 23.4. The Morgan fingerprint density at radius 2 is 1.61 bits per heavy atom. The Kier molecular flexibility index (Phi) is 6.63. The summed E-state index contributed by atoms with van der Waals surface area (Å²) in [5, 5.41) is 3.99. The van der Waals surface area contributed by atoms with Gasteiger partial charge >= 0.3 is 0 Å². The molecule has 33 heavy (non-hydrogen) atoms. The molecule has 0 bridgehead atoms. The van der Waals surface area contributed by atoms with E-state index in [0.717, 1.165) is 0 Å². The monoisotopic (exact) mass is 480 g/mol. The summed E-state index contributed by atoms with van der Waals surface area (Å²) in [4.78, 5) is 29.7. The third-order valence-electron chi connectivity index (χ3n) is 4.85. The van der Waals surface area contributed by atoms with E-state index in [0.29, 0.717) is 33.6 Å². The van der Waals surface area contributed by atoms with E-state index in [2.05, 4.69) is 21.2 Å². The first-order valence-electron chi connectivity index (χ1n) is 9.81. The quantitative estimate of drug-likeness (QED) is 0.314. The molecule has 3 N–H and O–H groups in total. The molecule has 0 spiro atoms. The fraction of sp³-hybridized carbons (Fsp3) is 0.0417. The van der Waals surface area contributed by atoms with Crippen LogP contribution >= 0.6 is 23.2 Å². The van der Waals surface area contributed by atoms with Gasteiger partial charge in [-0.25, -0.2) is 0 Å². The maximum Gasteiger partial charge on any atom is 0.269 e. The summed E-state index contributed by atoms with van der Waals surface area (Å²) in [5.41, 5.74) is 7.79. The molecular formula is C24H18Cl2N4O3. The third-order valence-corrected chi connectivity index (χ3v) is 5.48. The number of halogens is 2. The van der Waals surface area contributed by atoms with Crippen LogP contribution in [0.3, 0.4) is 0 Å². The van der Waals surface area contributed by atoms with Crippen molar-refractivity contribution in [2.24, 2.45) is 0 Å². The van der Waals surface area contributed by atoms with Gasteiger partial charge in [-0.2, -0.15) is 0 Å². The second-order valence-electron chi connectivity index (χ2n) is 6.92. The number of amides is 2. The van der Waals surface area contributed by atoms with E-state index in [-0.39, 0.29) is 21.5 Å². The van der Waals surface area contributed by atoms with Crippen molar-refractivity contribution in [3.8, 4) is 5.75 Å². The van der Waals surface area contributed by atoms with Gasteiger partial charge in [-0.05, 0) is 42.5 Å². The van der Waals surface area contributed by atoms with Crippen LogP contribution in [0.2, 0.25) is 10.0 Å². The van der Waals surface area contributed by atoms with Crippen molar-refractivity contribution in [1.29, 1.82) is 0 Å². The molecule has 0 fully saturated rings. The fourth-order valence-electron chi connectivity index (χ4n) is 3.25. The number of carbonyl (C=O) groups excluding carboxylic acids is 2. The molecule has 0 saturated heterocycles. The summed E-state index contributed by atoms with van der Waals surface area (Å²) in [7, 11) is 1.54. The standard InChI is InChI=1S/C24H18Cl2N4O3/c1-33-15-6-2-5-14(13-15)23(31)30-29-19-11-12-27-22-16(19)7-3-10-20(22)28-24(32)21-17(25)8-4-9-18(21)26/h2-13H,1H3,(H,27,29)(H,28,32)(H,30,31). The summed E-state index contributed by atoms with van der Waals surface area (Å²) < 4.78 is 5.16. The summed E-state index contributed by atoms with van der Waals surface area (Å²) in [6, 6.07) is 18.7. The Hall–Kier alpha value is -3.81. The summed E-state index contributed by atoms with van der Waals surface area (Å²) >= 11 is 12.3. The maximum absolute atomic E-state index is 12.8. The highest BCUT2D eigenvalue weighted by atomic mass is 35.5. The summed E-state index contributed by atoms with van der Waals surface area (Å²) in [5.74, 6) is -0.211. The highest BCUT2D eigenvalue weighted by molar-refractivity contribution is 6.40. The van der Waals surface area contributed by atoms with E-state index in [1.165, 1.54) is 7.11 Å². The number of fused-ring (bicyclic) bond motifs is 1. The molecule has 0 aliphatic heterocycles. The smallest absolute Gasteiger partial charge is 0.269 e. The Morgan fingerprint density at radius 1 is 0.879 bits per heavy atom. The molecule has 0 aliphatic rings. The topological polar surface area (TPSA) is 92.3 Å². The third kappa shape index (κ3) is 4.84. The Bertz CT molecular complexity index is 1340. The zero-order valence-electron chi connectivity index (χ0n) is 17.4. The van der Waals surface area contributed by atoms with Crippen LogP contribution in [0, 0.1) is 0 Å². The molecule has 3 aromatic carbocycles. The van der Waals surface area contributed by atoms with E-state index in [9.17, 15) is 9.59 Å². The van der Waals surface area contributed by atoms with Gasteiger partial charge in [0.25, 0.3) is 11.8 Å². The highest BCUT2D eigenvalue weighted by Crippen LogP contribution is 2.29. The molecule has 0 unspecified atom stereocenters. The lowest BCUT2D eigenvalue weighted by Gasteiger charge is -2.14. The Balaban J connectivity index is 1.57. The van der Waals surface area contributed by atoms with Crippen molar-refractivity contribution in [2.75, 3.05) is 17.9 Å². The lowest BCUT2D eigenvalue weighted by atomic mass is 10.1. The number of anilines is 2. The fourth-order valence-corrected chi connectivity index (χ4v) is 3.82. The van der Waals surface area contributed by atoms with Gasteiger partial charge in [0.15, 0.2) is 0 Å². The van der Waals surface area contributed by atoms with Crippen LogP contribution < -0.4 is 20.9 Å². The maximum atomic E-state index is 12.8. The number of ether oxygens (including phenoxy) is 1. The summed E-state index contributed by atoms with van der Waals surface area (Å²) in [6.07, 6.45) is 1.57. The molecule has 4 rings (SSSR count). The molecule has 0 atom stereocenters. The van der Waals surface area contributed by atoms with Gasteiger partial charge in [-0.3, -0.25) is 25.4 Å². The number of nitrogens with zero attached hydrogens (tertiary/aromatic N) is 1. The van der Waals surface area contributed by atoms with Gasteiger partial charge in [-0.15, -0.1) is 0 Å². The van der Waals surface area contributed by atoms with E-state index in [1.807, 2.05) is 6.07 Å². The first kappa shape index (κ1) is 22.4. The minimum atomic E-state index is -0.454. The van der Waals surface area contributed by atoms with Crippen LogP contribution in [-0.4, -0.2) is 23.9 Å². The molecule has 1 heterocycles. The number of hydrazine groups is 1. The molecule has 0 saturated carbocycles. The van der Waals surface area contributed by atoms with Gasteiger partial charge in [0.1, 0.15) is 5.75 Å². The number of para-hydroxylation sites is 1. The molecule has 0 radical (unpaired) electrons. The van der Waals surface area contributed by atoms with Gasteiger partial charge in [0.05, 0.1) is 39.6 Å². The molecule has 2 amide bonds. The number of pyridine rings is 1. The lowest BCUT2D eigenvalue weighted by molar-refractivity contribution is 0.0961. The number of carbonyl (C=O) groups is 2.